The number of hydrogen-bond donors (Lipinski definition) is 0. The third-order valence-corrected chi connectivity index (χ3v) is 31.7. The Hall–Kier alpha value is -8.49. The van der Waals surface area contributed by atoms with Gasteiger partial charge in [-0.2, -0.15) is 11.8 Å². The van der Waals surface area contributed by atoms with Crippen molar-refractivity contribution in [2.45, 2.75) is 120 Å². The van der Waals surface area contributed by atoms with Crippen LogP contribution in [0, 0.1) is 0 Å². The molecule has 0 unspecified atom stereocenters. The number of ether oxygens (including phenoxy) is 18. The summed E-state index contributed by atoms with van der Waals surface area (Å²) in [6, 6.07) is 76.3. The van der Waals surface area contributed by atoms with Gasteiger partial charge >= 0.3 is 0 Å². The van der Waals surface area contributed by atoms with Gasteiger partial charge in [0.25, 0.3) is 0 Å². The van der Waals surface area contributed by atoms with Gasteiger partial charge in [0.1, 0.15) is 94.0 Å². The lowest BCUT2D eigenvalue weighted by Gasteiger charge is -2.38. The van der Waals surface area contributed by atoms with E-state index in [1.807, 2.05) is 168 Å². The smallest absolute Gasteiger partial charge is 0.203 e. The average molecular weight is 1980 g/mol. The van der Waals surface area contributed by atoms with E-state index in [2.05, 4.69) is 194 Å². The summed E-state index contributed by atoms with van der Waals surface area (Å²) in [5.74, 6) is 9.49. The van der Waals surface area contributed by atoms with Gasteiger partial charge in [0.2, 0.25) is 5.75 Å². The summed E-state index contributed by atoms with van der Waals surface area (Å²) in [5, 5.41) is 1.97. The van der Waals surface area contributed by atoms with Crippen LogP contribution in [0.1, 0.15) is 117 Å². The van der Waals surface area contributed by atoms with Crippen LogP contribution in [0.3, 0.4) is 0 Å². The molecule has 0 saturated carbocycles. The molecule has 0 atom stereocenters. The van der Waals surface area contributed by atoms with E-state index in [-0.39, 0.29) is 30.7 Å². The summed E-state index contributed by atoms with van der Waals surface area (Å²) in [5.41, 5.74) is 12.0. The summed E-state index contributed by atoms with van der Waals surface area (Å²) in [6.07, 6.45) is 5.50. The fraction of sp³-hybridized carbons (Fsp3) is 0.400. The van der Waals surface area contributed by atoms with Gasteiger partial charge in [-0.05, 0) is 157 Å². The van der Waals surface area contributed by atoms with Crippen LogP contribution < -0.4 is 42.6 Å². The monoisotopic (exact) mass is 1980 g/mol. The van der Waals surface area contributed by atoms with Crippen molar-refractivity contribution in [3.8, 4) is 51.7 Å². The molecular formula is C110H131NO18S7. The molecule has 0 aliphatic carbocycles. The van der Waals surface area contributed by atoms with Crippen molar-refractivity contribution in [1.82, 2.24) is 4.57 Å². The van der Waals surface area contributed by atoms with E-state index in [1.165, 1.54) is 65.7 Å². The Bertz CT molecular complexity index is 5310. The summed E-state index contributed by atoms with van der Waals surface area (Å²) >= 11 is 13.1. The summed E-state index contributed by atoms with van der Waals surface area (Å²) < 4.78 is 116. The predicted molar refractivity (Wildman–Crippen MR) is 560 cm³/mol. The highest BCUT2D eigenvalue weighted by atomic mass is 32.3. The minimum absolute atomic E-state index is 0.0224. The van der Waals surface area contributed by atoms with Crippen molar-refractivity contribution in [1.29, 1.82) is 0 Å². The zero-order valence-corrected chi connectivity index (χ0v) is 86.0. The number of aryl methyl sites for hydroxylation is 1. The first-order valence-corrected chi connectivity index (χ1v) is 53.1. The van der Waals surface area contributed by atoms with E-state index in [0.717, 1.165) is 97.7 Å². The van der Waals surface area contributed by atoms with E-state index in [9.17, 15) is 0 Å². The van der Waals surface area contributed by atoms with Gasteiger partial charge in [-0.1, -0.05) is 248 Å². The van der Waals surface area contributed by atoms with E-state index < -0.39 is 5.41 Å². The van der Waals surface area contributed by atoms with Crippen LogP contribution in [0.4, 0.5) is 0 Å². The normalized spacial score (nSPS) is 12.8. The standard InChI is InChI=1S/C110H131NO18S7/c1-12-80-20-28-87(29-21-80)110(88-34-30-85(31-35-88)108(3,4)5,89-36-32-86(33-37-89)109(6,7)8)90-38-46-94(47-39-90)124-65-59-119-60-66-125-97-18-14-17-96-95(97)16-15-19-98(96)126-67-61-120-69-71-132-105-104(131-13-2)135-107(136-105)106-133-101-74-111(75-102(101)134-106)48-49-115-68-70-130-79-84-72-99(127-76-81-22-40-91(41-23-81)121-62-56-116-53-50-112-9)103(129-78-83-26-44-93(45-27-83)123-64-58-118-55-52-114-11)100(73-84)128-77-82-24-42-92(43-25-82)122-63-57-117-54-51-113-10/h14-47,72-75H,12-13,48-71,76-79H2,1-11H3. The molecule has 0 bridgehead atoms. The Labute approximate surface area is 834 Å². The third-order valence-electron chi connectivity index (χ3n) is 22.4. The van der Waals surface area contributed by atoms with Gasteiger partial charge in [0.15, 0.2) is 11.5 Å². The van der Waals surface area contributed by atoms with E-state index >= 15 is 0 Å². The lowest BCUT2D eigenvalue weighted by molar-refractivity contribution is 0.0544. The molecule has 19 nitrogen and oxygen atoms in total. The third kappa shape index (κ3) is 31.8. The number of rotatable bonds is 61. The van der Waals surface area contributed by atoms with Crippen molar-refractivity contribution in [3.63, 3.8) is 0 Å². The molecule has 13 rings (SSSR count). The van der Waals surface area contributed by atoms with Gasteiger partial charge < -0.3 is 89.8 Å². The van der Waals surface area contributed by atoms with E-state index in [1.54, 1.807) is 33.1 Å². The van der Waals surface area contributed by atoms with Gasteiger partial charge in [-0.25, -0.2) is 0 Å². The molecule has 11 aromatic rings. The van der Waals surface area contributed by atoms with Crippen LogP contribution in [-0.4, -0.2) is 182 Å². The van der Waals surface area contributed by atoms with Gasteiger partial charge in [0, 0.05) is 78.1 Å². The molecule has 1 aromatic heterocycles. The minimum Gasteiger partial charge on any atom is -0.491 e. The molecular weight excluding hydrogens is 1850 g/mol. The molecule has 0 N–H and O–H groups in total. The Morgan fingerprint density at radius 1 is 0.301 bits per heavy atom. The zero-order valence-electron chi connectivity index (χ0n) is 80.3. The number of fused-ring (bicyclic) bond motifs is 2. The van der Waals surface area contributed by atoms with E-state index in [0.29, 0.717) is 162 Å². The fourth-order valence-corrected chi connectivity index (χ4v) is 24.4. The summed E-state index contributed by atoms with van der Waals surface area (Å²) in [4.78, 5) is 2.56. The average Bonchev–Trinajstić information content (AvgIpc) is 1.01. The molecule has 3 heterocycles. The lowest BCUT2D eigenvalue weighted by Crippen LogP contribution is -2.31. The Kier molecular flexibility index (Phi) is 42.8. The Morgan fingerprint density at radius 3 is 1.06 bits per heavy atom. The minimum atomic E-state index is -0.589. The van der Waals surface area contributed by atoms with Crippen molar-refractivity contribution < 1.29 is 85.3 Å². The maximum atomic E-state index is 6.76. The first-order valence-electron chi connectivity index (χ1n) is 46.7. The van der Waals surface area contributed by atoms with Crippen LogP contribution in [0.5, 0.6) is 51.7 Å². The fourth-order valence-electron chi connectivity index (χ4n) is 15.1. The van der Waals surface area contributed by atoms with Crippen LogP contribution >= 0.6 is 82.3 Å². The molecule has 0 fully saturated rings. The molecule has 10 aromatic carbocycles. The van der Waals surface area contributed by atoms with Crippen LogP contribution in [-0.2, 0) is 97.4 Å². The van der Waals surface area contributed by atoms with Gasteiger partial charge in [-0.15, -0.1) is 23.5 Å². The molecule has 2 aliphatic rings. The van der Waals surface area contributed by atoms with Gasteiger partial charge in [-0.3, -0.25) is 0 Å². The summed E-state index contributed by atoms with van der Waals surface area (Å²) in [6.45, 7) is 29.7. The molecule has 26 heteroatoms. The topological polar surface area (TPSA) is 171 Å². The molecule has 0 saturated heterocycles. The van der Waals surface area contributed by atoms with Crippen molar-refractivity contribution in [3.05, 3.63) is 309 Å². The predicted octanol–water partition coefficient (Wildman–Crippen LogP) is 25.0. The second kappa shape index (κ2) is 55.5. The zero-order chi connectivity index (χ0) is 95.0. The highest BCUT2D eigenvalue weighted by molar-refractivity contribution is 8.42. The highest BCUT2D eigenvalue weighted by Crippen LogP contribution is 2.64. The number of aromatic nitrogens is 1. The highest BCUT2D eigenvalue weighted by Gasteiger charge is 2.40. The molecule has 0 spiro atoms. The molecule has 0 radical (unpaired) electrons. The summed E-state index contributed by atoms with van der Waals surface area (Å²) in [7, 11) is 4.97. The molecule has 0 amide bonds. The quantitative estimate of drug-likeness (QED) is 0.0260. The number of nitrogens with zero attached hydrogens (tertiary/aromatic N) is 1. The number of hydrogen-bond acceptors (Lipinski definition) is 25. The lowest BCUT2D eigenvalue weighted by atomic mass is 9.64. The van der Waals surface area contributed by atoms with Crippen molar-refractivity contribution >= 4 is 93.1 Å². The molecule has 136 heavy (non-hydrogen) atoms. The van der Waals surface area contributed by atoms with Crippen LogP contribution in [0.15, 0.2) is 258 Å². The maximum absolute atomic E-state index is 6.76. The first-order chi connectivity index (χ1) is 66.5. The van der Waals surface area contributed by atoms with Crippen molar-refractivity contribution in [2.75, 3.05) is 177 Å². The van der Waals surface area contributed by atoms with Gasteiger partial charge in [0.05, 0.1) is 121 Å². The van der Waals surface area contributed by atoms with E-state index in [4.69, 9.17) is 85.3 Å². The maximum Gasteiger partial charge on any atom is 0.203 e. The first kappa shape index (κ1) is 105. The van der Waals surface area contributed by atoms with Crippen LogP contribution in [0.2, 0.25) is 0 Å². The molecule has 2 aliphatic heterocycles. The SMILES string of the molecule is CCSC1=C(SCCOCCOc2cccc3c(OCCOCCOc4ccc(C(c5ccc(CC)cc5)(c5ccc(C(C)(C)C)cc5)c5ccc(C(C)(C)C)cc5)cc4)cccc23)SC(=C2Sc3cn(CCOCCSCc4cc(OCc5ccc(OCCOCCOC)cc5)c(OCc5ccc(OCCOCCOC)cc5)c(OCc5ccc(OCCOCCOC)cc5)c4)cc3S2)S1. The second-order valence-electron chi connectivity index (χ2n) is 34.2. The number of benzene rings is 10. The number of thioether (sulfide) groups is 7. The second-order valence-corrected chi connectivity index (χ2v) is 42.8. The Morgan fingerprint density at radius 2 is 0.647 bits per heavy atom. The number of methoxy groups -OCH3 is 3. The van der Waals surface area contributed by atoms with Crippen molar-refractivity contribution in [2.24, 2.45) is 0 Å². The molecule has 726 valence electrons. The Balaban J connectivity index is 0.542. The van der Waals surface area contributed by atoms with Crippen LogP contribution in [0.25, 0.3) is 10.8 Å². The largest absolute Gasteiger partial charge is 0.491 e.